The van der Waals surface area contributed by atoms with E-state index in [4.69, 9.17) is 4.74 Å². The lowest BCUT2D eigenvalue weighted by molar-refractivity contribution is 0.406. The molecule has 2 rings (SSSR count). The molecule has 0 amide bonds. The molecule has 94 valence electrons. The lowest BCUT2D eigenvalue weighted by Gasteiger charge is -2.09. The van der Waals surface area contributed by atoms with Crippen LogP contribution in [0.25, 0.3) is 0 Å². The van der Waals surface area contributed by atoms with Crippen molar-refractivity contribution in [3.63, 3.8) is 0 Å². The van der Waals surface area contributed by atoms with Crippen molar-refractivity contribution in [2.75, 3.05) is 0 Å². The second kappa shape index (κ2) is 5.48. The minimum atomic E-state index is -0.685. The van der Waals surface area contributed by atoms with Crippen LogP contribution in [0.3, 0.4) is 0 Å². The van der Waals surface area contributed by atoms with Crippen LogP contribution in [0.1, 0.15) is 12.5 Å². The van der Waals surface area contributed by atoms with Gasteiger partial charge in [0, 0.05) is 4.47 Å². The highest BCUT2D eigenvalue weighted by Crippen LogP contribution is 2.29. The fraction of sp³-hybridized carbons (Fsp3) is 0.143. The standard InChI is InChI=1S/C14H11BrF2O/c1-2-9-7-12(16)14(13(17)8-9)18-11-5-3-10(15)4-6-11/h3-8H,2H2,1H3. The van der Waals surface area contributed by atoms with Gasteiger partial charge in [0.25, 0.3) is 0 Å². The van der Waals surface area contributed by atoms with Gasteiger partial charge in [-0.15, -0.1) is 0 Å². The molecule has 0 aliphatic heterocycles. The van der Waals surface area contributed by atoms with Crippen molar-refractivity contribution in [2.24, 2.45) is 0 Å². The van der Waals surface area contributed by atoms with Crippen LogP contribution in [0.5, 0.6) is 11.5 Å². The predicted octanol–water partition coefficient (Wildman–Crippen LogP) is 5.08. The van der Waals surface area contributed by atoms with Crippen molar-refractivity contribution < 1.29 is 13.5 Å². The molecule has 2 aromatic rings. The summed E-state index contributed by atoms with van der Waals surface area (Å²) >= 11 is 3.27. The van der Waals surface area contributed by atoms with Gasteiger partial charge in [-0.25, -0.2) is 8.78 Å². The van der Waals surface area contributed by atoms with E-state index < -0.39 is 11.6 Å². The maximum absolute atomic E-state index is 13.7. The van der Waals surface area contributed by atoms with E-state index in [1.807, 2.05) is 6.92 Å². The van der Waals surface area contributed by atoms with Gasteiger partial charge in [0.05, 0.1) is 0 Å². The van der Waals surface area contributed by atoms with Gasteiger partial charge in [0.1, 0.15) is 5.75 Å². The van der Waals surface area contributed by atoms with Gasteiger partial charge >= 0.3 is 0 Å². The molecule has 0 aromatic heterocycles. The number of rotatable bonds is 3. The van der Waals surface area contributed by atoms with Crippen molar-refractivity contribution in [3.05, 3.63) is 58.1 Å². The first kappa shape index (κ1) is 13.0. The summed E-state index contributed by atoms with van der Waals surface area (Å²) in [6, 6.07) is 9.33. The van der Waals surface area contributed by atoms with Gasteiger partial charge in [0.2, 0.25) is 0 Å². The molecule has 0 spiro atoms. The molecule has 0 radical (unpaired) electrons. The average molecular weight is 313 g/mol. The van der Waals surface area contributed by atoms with Crippen LogP contribution >= 0.6 is 15.9 Å². The van der Waals surface area contributed by atoms with Crippen molar-refractivity contribution in [1.29, 1.82) is 0 Å². The highest BCUT2D eigenvalue weighted by Gasteiger charge is 2.13. The topological polar surface area (TPSA) is 9.23 Å². The summed E-state index contributed by atoms with van der Waals surface area (Å²) in [5.41, 5.74) is 0.605. The zero-order valence-corrected chi connectivity index (χ0v) is 11.3. The molecule has 18 heavy (non-hydrogen) atoms. The van der Waals surface area contributed by atoms with E-state index in [-0.39, 0.29) is 5.75 Å². The Hall–Kier alpha value is -1.42. The number of benzene rings is 2. The van der Waals surface area contributed by atoms with E-state index in [0.29, 0.717) is 17.7 Å². The third kappa shape index (κ3) is 2.88. The molecule has 0 bridgehead atoms. The van der Waals surface area contributed by atoms with E-state index in [1.54, 1.807) is 24.3 Å². The summed E-state index contributed by atoms with van der Waals surface area (Å²) in [7, 11) is 0. The highest BCUT2D eigenvalue weighted by atomic mass is 79.9. The molecular weight excluding hydrogens is 302 g/mol. The van der Waals surface area contributed by atoms with Crippen LogP contribution in [0.15, 0.2) is 40.9 Å². The molecule has 0 N–H and O–H groups in total. The number of hydrogen-bond acceptors (Lipinski definition) is 1. The summed E-state index contributed by atoms with van der Waals surface area (Å²) in [6.45, 7) is 1.84. The Morgan fingerprint density at radius 2 is 1.61 bits per heavy atom. The first-order chi connectivity index (χ1) is 8.60. The largest absolute Gasteiger partial charge is 0.451 e. The molecular formula is C14H11BrF2O. The Morgan fingerprint density at radius 3 is 2.11 bits per heavy atom. The molecule has 0 aliphatic rings. The molecule has 0 fully saturated rings. The first-order valence-electron chi connectivity index (χ1n) is 5.51. The van der Waals surface area contributed by atoms with E-state index in [2.05, 4.69) is 15.9 Å². The Kier molecular flexibility index (Phi) is 3.97. The molecule has 0 saturated heterocycles. The second-order valence-electron chi connectivity index (χ2n) is 3.80. The molecule has 0 unspecified atom stereocenters. The quantitative estimate of drug-likeness (QED) is 0.767. The van der Waals surface area contributed by atoms with Crippen molar-refractivity contribution in [2.45, 2.75) is 13.3 Å². The van der Waals surface area contributed by atoms with Crippen LogP contribution in [-0.2, 0) is 6.42 Å². The SMILES string of the molecule is CCc1cc(F)c(Oc2ccc(Br)cc2)c(F)c1. The molecule has 0 atom stereocenters. The Morgan fingerprint density at radius 1 is 1.06 bits per heavy atom. The average Bonchev–Trinajstić information content (AvgIpc) is 2.35. The van der Waals surface area contributed by atoms with E-state index in [1.165, 1.54) is 12.1 Å². The molecule has 0 saturated carbocycles. The van der Waals surface area contributed by atoms with Crippen molar-refractivity contribution in [3.8, 4) is 11.5 Å². The van der Waals surface area contributed by atoms with E-state index >= 15 is 0 Å². The van der Waals surface area contributed by atoms with Gasteiger partial charge in [-0.3, -0.25) is 0 Å². The van der Waals surface area contributed by atoms with Gasteiger partial charge in [-0.2, -0.15) is 0 Å². The van der Waals surface area contributed by atoms with Gasteiger partial charge in [0.15, 0.2) is 17.4 Å². The monoisotopic (exact) mass is 312 g/mol. The lowest BCUT2D eigenvalue weighted by Crippen LogP contribution is -1.95. The van der Waals surface area contributed by atoms with Gasteiger partial charge < -0.3 is 4.74 Å². The summed E-state index contributed by atoms with van der Waals surface area (Å²) in [5.74, 6) is -1.35. The Bertz CT molecular complexity index is 529. The van der Waals surface area contributed by atoms with Gasteiger partial charge in [-0.05, 0) is 48.4 Å². The van der Waals surface area contributed by atoms with Crippen LogP contribution in [0.4, 0.5) is 8.78 Å². The fourth-order valence-electron chi connectivity index (χ4n) is 1.53. The highest BCUT2D eigenvalue weighted by molar-refractivity contribution is 9.10. The number of aryl methyl sites for hydroxylation is 1. The van der Waals surface area contributed by atoms with E-state index in [0.717, 1.165) is 4.47 Å². The lowest BCUT2D eigenvalue weighted by atomic mass is 10.1. The summed E-state index contributed by atoms with van der Waals surface area (Å²) in [5, 5.41) is 0. The number of halogens is 3. The smallest absolute Gasteiger partial charge is 0.198 e. The summed E-state index contributed by atoms with van der Waals surface area (Å²) < 4.78 is 33.5. The number of hydrogen-bond donors (Lipinski definition) is 0. The normalized spacial score (nSPS) is 10.4. The summed E-state index contributed by atoms with van der Waals surface area (Å²) in [6.07, 6.45) is 0.576. The molecule has 1 nitrogen and oxygen atoms in total. The van der Waals surface area contributed by atoms with Crippen molar-refractivity contribution >= 4 is 15.9 Å². The van der Waals surface area contributed by atoms with Crippen LogP contribution in [0.2, 0.25) is 0 Å². The summed E-state index contributed by atoms with van der Waals surface area (Å²) in [4.78, 5) is 0. The minimum Gasteiger partial charge on any atom is -0.451 e. The van der Waals surface area contributed by atoms with E-state index in [9.17, 15) is 8.78 Å². The van der Waals surface area contributed by atoms with Crippen molar-refractivity contribution in [1.82, 2.24) is 0 Å². The van der Waals surface area contributed by atoms with Crippen LogP contribution < -0.4 is 4.74 Å². The van der Waals surface area contributed by atoms with Crippen LogP contribution in [0, 0.1) is 11.6 Å². The maximum atomic E-state index is 13.7. The molecule has 2 aromatic carbocycles. The van der Waals surface area contributed by atoms with Gasteiger partial charge in [-0.1, -0.05) is 22.9 Å². The minimum absolute atomic E-state index is 0.366. The second-order valence-corrected chi connectivity index (χ2v) is 4.71. The predicted molar refractivity (Wildman–Crippen MR) is 70.0 cm³/mol. The zero-order valence-electron chi connectivity index (χ0n) is 9.71. The third-order valence-corrected chi connectivity index (χ3v) is 3.03. The third-order valence-electron chi connectivity index (χ3n) is 2.50. The first-order valence-corrected chi connectivity index (χ1v) is 6.30. The fourth-order valence-corrected chi connectivity index (χ4v) is 1.80. The Labute approximate surface area is 113 Å². The zero-order chi connectivity index (χ0) is 13.1. The maximum Gasteiger partial charge on any atom is 0.198 e. The Balaban J connectivity index is 2.31. The molecule has 4 heteroatoms. The molecule has 0 aliphatic carbocycles. The number of ether oxygens (including phenoxy) is 1. The molecule has 0 heterocycles. The van der Waals surface area contributed by atoms with Crippen LogP contribution in [-0.4, -0.2) is 0 Å².